The lowest BCUT2D eigenvalue weighted by atomic mass is 9.97. The number of nitrogens with zero attached hydrogens (tertiary/aromatic N) is 2. The molecule has 1 fully saturated rings. The van der Waals surface area contributed by atoms with Gasteiger partial charge in [0.15, 0.2) is 0 Å². The van der Waals surface area contributed by atoms with Crippen molar-refractivity contribution in [3.05, 3.63) is 78.4 Å². The number of para-hydroxylation sites is 2. The number of nitrogens with one attached hydrogen (secondary N) is 1. The zero-order chi connectivity index (χ0) is 22.5. The molecular weight excluding hydrogens is 422 g/mol. The molecule has 3 atom stereocenters. The molecular formula is C25H27N3O3S. The molecule has 3 aromatic carbocycles. The van der Waals surface area contributed by atoms with Crippen LogP contribution < -0.4 is 4.72 Å². The highest BCUT2D eigenvalue weighted by Crippen LogP contribution is 2.35. The third-order valence-electron chi connectivity index (χ3n) is 6.40. The standard InChI is InChI=1S/C25H27N3O3S/c1-17-11-13-18(14-12-17)32(30,31)26-21-15-27(2)16-24(25(21)29)28-22-9-5-3-7-19(22)20-8-4-6-10-23(20)28/h3-14,21,24-26,29H,15-16H2,1-2H3/t21-,24+,25+/m1/s1. The van der Waals surface area contributed by atoms with Gasteiger partial charge in [-0.15, -0.1) is 0 Å². The highest BCUT2D eigenvalue weighted by molar-refractivity contribution is 7.89. The number of aliphatic hydroxyl groups excluding tert-OH is 1. The summed E-state index contributed by atoms with van der Waals surface area (Å²) in [5.41, 5.74) is 3.06. The molecule has 2 heterocycles. The number of hydrogen-bond donors (Lipinski definition) is 2. The largest absolute Gasteiger partial charge is 0.389 e. The lowest BCUT2D eigenvalue weighted by Crippen LogP contribution is -2.58. The van der Waals surface area contributed by atoms with Crippen molar-refractivity contribution in [3.63, 3.8) is 0 Å². The number of aryl methyl sites for hydroxylation is 1. The van der Waals surface area contributed by atoms with Gasteiger partial charge in [-0.25, -0.2) is 13.1 Å². The summed E-state index contributed by atoms with van der Waals surface area (Å²) in [6, 6.07) is 22.1. The maximum absolute atomic E-state index is 13.0. The van der Waals surface area contributed by atoms with Gasteiger partial charge in [0.05, 0.1) is 23.1 Å². The Kier molecular flexibility index (Phi) is 5.29. The van der Waals surface area contributed by atoms with E-state index >= 15 is 0 Å². The minimum Gasteiger partial charge on any atom is -0.389 e. The minimum atomic E-state index is -3.76. The molecule has 0 spiro atoms. The van der Waals surface area contributed by atoms with Crippen LogP contribution in [0.3, 0.4) is 0 Å². The quantitative estimate of drug-likeness (QED) is 0.501. The van der Waals surface area contributed by atoms with Crippen LogP contribution in [0.15, 0.2) is 77.7 Å². The predicted molar refractivity (Wildman–Crippen MR) is 127 cm³/mol. The van der Waals surface area contributed by atoms with Crippen LogP contribution in [0.2, 0.25) is 0 Å². The molecule has 4 aromatic rings. The van der Waals surface area contributed by atoms with Crippen molar-refractivity contribution in [2.45, 2.75) is 30.0 Å². The van der Waals surface area contributed by atoms with Crippen LogP contribution in [-0.4, -0.2) is 55.3 Å². The van der Waals surface area contributed by atoms with E-state index in [1.165, 1.54) is 0 Å². The molecule has 0 unspecified atom stereocenters. The Hall–Kier alpha value is -2.71. The van der Waals surface area contributed by atoms with Crippen molar-refractivity contribution in [3.8, 4) is 0 Å². The van der Waals surface area contributed by atoms with Crippen molar-refractivity contribution in [2.24, 2.45) is 0 Å². The van der Waals surface area contributed by atoms with Crippen molar-refractivity contribution in [1.82, 2.24) is 14.2 Å². The minimum absolute atomic E-state index is 0.206. The molecule has 7 heteroatoms. The fraction of sp³-hybridized carbons (Fsp3) is 0.280. The van der Waals surface area contributed by atoms with Gasteiger partial charge in [0.2, 0.25) is 10.0 Å². The summed E-state index contributed by atoms with van der Waals surface area (Å²) in [5, 5.41) is 13.7. The van der Waals surface area contributed by atoms with Gasteiger partial charge in [0, 0.05) is 34.9 Å². The van der Waals surface area contributed by atoms with Gasteiger partial charge < -0.3 is 14.6 Å². The molecule has 2 N–H and O–H groups in total. The summed E-state index contributed by atoms with van der Waals surface area (Å²) in [5.74, 6) is 0. The van der Waals surface area contributed by atoms with E-state index < -0.39 is 22.2 Å². The predicted octanol–water partition coefficient (Wildman–Crippen LogP) is 3.30. The summed E-state index contributed by atoms with van der Waals surface area (Å²) >= 11 is 0. The van der Waals surface area contributed by atoms with E-state index in [-0.39, 0.29) is 10.9 Å². The van der Waals surface area contributed by atoms with E-state index in [0.29, 0.717) is 13.1 Å². The van der Waals surface area contributed by atoms with E-state index in [0.717, 1.165) is 27.4 Å². The third-order valence-corrected chi connectivity index (χ3v) is 7.91. The molecule has 0 saturated carbocycles. The fourth-order valence-electron chi connectivity index (χ4n) is 4.85. The summed E-state index contributed by atoms with van der Waals surface area (Å²) in [4.78, 5) is 2.28. The number of benzene rings is 3. The van der Waals surface area contributed by atoms with Gasteiger partial charge in [0.25, 0.3) is 0 Å². The van der Waals surface area contributed by atoms with E-state index in [9.17, 15) is 13.5 Å². The number of piperidine rings is 1. The smallest absolute Gasteiger partial charge is 0.240 e. The Balaban J connectivity index is 1.55. The SMILES string of the molecule is Cc1ccc(S(=O)(=O)N[C@@H]2CN(C)C[C@H](n3c4ccccc4c4ccccc43)[C@H]2O)cc1. The molecule has 1 aliphatic rings. The average Bonchev–Trinajstić information content (AvgIpc) is 3.10. The number of aliphatic hydroxyl groups is 1. The summed E-state index contributed by atoms with van der Waals surface area (Å²) in [6.07, 6.45) is -0.884. The maximum Gasteiger partial charge on any atom is 0.240 e. The molecule has 32 heavy (non-hydrogen) atoms. The van der Waals surface area contributed by atoms with Gasteiger partial charge in [0.1, 0.15) is 0 Å². The van der Waals surface area contributed by atoms with Crippen LogP contribution in [-0.2, 0) is 10.0 Å². The Morgan fingerprint density at radius 2 is 1.44 bits per heavy atom. The molecule has 1 aliphatic heterocycles. The molecule has 166 valence electrons. The topological polar surface area (TPSA) is 74.6 Å². The van der Waals surface area contributed by atoms with Gasteiger partial charge in [-0.2, -0.15) is 0 Å². The Bertz CT molecular complexity index is 1330. The second-order valence-electron chi connectivity index (χ2n) is 8.72. The van der Waals surface area contributed by atoms with E-state index in [1.54, 1.807) is 24.3 Å². The highest BCUT2D eigenvalue weighted by Gasteiger charge is 2.39. The summed E-state index contributed by atoms with van der Waals surface area (Å²) in [7, 11) is -1.80. The molecule has 1 saturated heterocycles. The van der Waals surface area contributed by atoms with Crippen LogP contribution in [0, 0.1) is 6.92 Å². The third kappa shape index (κ3) is 3.61. The Morgan fingerprint density at radius 3 is 2.03 bits per heavy atom. The van der Waals surface area contributed by atoms with E-state index in [1.807, 2.05) is 38.2 Å². The van der Waals surface area contributed by atoms with Gasteiger partial charge >= 0.3 is 0 Å². The van der Waals surface area contributed by atoms with Crippen molar-refractivity contribution in [2.75, 3.05) is 20.1 Å². The van der Waals surface area contributed by atoms with Crippen LogP contribution in [0.25, 0.3) is 21.8 Å². The Morgan fingerprint density at radius 1 is 0.875 bits per heavy atom. The molecule has 1 aromatic heterocycles. The summed E-state index contributed by atoms with van der Waals surface area (Å²) < 4.78 is 31.0. The van der Waals surface area contributed by atoms with Gasteiger partial charge in [-0.1, -0.05) is 54.1 Å². The van der Waals surface area contributed by atoms with Crippen LogP contribution in [0.1, 0.15) is 11.6 Å². The molecule has 5 rings (SSSR count). The number of rotatable bonds is 4. The molecule has 0 bridgehead atoms. The zero-order valence-electron chi connectivity index (χ0n) is 18.1. The number of aromatic nitrogens is 1. The summed E-state index contributed by atoms with van der Waals surface area (Å²) in [6.45, 7) is 2.96. The van der Waals surface area contributed by atoms with Crippen molar-refractivity contribution >= 4 is 31.8 Å². The van der Waals surface area contributed by atoms with Crippen molar-refractivity contribution < 1.29 is 13.5 Å². The number of sulfonamides is 1. The molecule has 0 aliphatic carbocycles. The highest BCUT2D eigenvalue weighted by atomic mass is 32.2. The van der Waals surface area contributed by atoms with Gasteiger partial charge in [-0.05, 0) is 38.2 Å². The first-order chi connectivity index (χ1) is 15.3. The number of likely N-dealkylation sites (tertiary alicyclic amines) is 1. The normalized spacial score (nSPS) is 22.5. The second-order valence-corrected chi connectivity index (χ2v) is 10.4. The maximum atomic E-state index is 13.0. The zero-order valence-corrected chi connectivity index (χ0v) is 19.0. The van der Waals surface area contributed by atoms with E-state index in [2.05, 4.69) is 38.5 Å². The van der Waals surface area contributed by atoms with Gasteiger partial charge in [-0.3, -0.25) is 0 Å². The van der Waals surface area contributed by atoms with Crippen molar-refractivity contribution in [1.29, 1.82) is 0 Å². The molecule has 0 radical (unpaired) electrons. The van der Waals surface area contributed by atoms with Crippen LogP contribution >= 0.6 is 0 Å². The fourth-order valence-corrected chi connectivity index (χ4v) is 6.09. The second kappa shape index (κ2) is 8.01. The van der Waals surface area contributed by atoms with Crippen LogP contribution in [0.4, 0.5) is 0 Å². The molecule has 6 nitrogen and oxygen atoms in total. The lowest BCUT2D eigenvalue weighted by Gasteiger charge is -2.41. The number of likely N-dealkylation sites (N-methyl/N-ethyl adjacent to an activating group) is 1. The Labute approximate surface area is 188 Å². The van der Waals surface area contributed by atoms with E-state index in [4.69, 9.17) is 0 Å². The van der Waals surface area contributed by atoms with Crippen LogP contribution in [0.5, 0.6) is 0 Å². The first kappa shape index (κ1) is 21.2. The lowest BCUT2D eigenvalue weighted by molar-refractivity contribution is 0.0225. The first-order valence-corrected chi connectivity index (χ1v) is 12.3. The number of fused-ring (bicyclic) bond motifs is 3. The average molecular weight is 450 g/mol. The monoisotopic (exact) mass is 449 g/mol. The number of hydrogen-bond acceptors (Lipinski definition) is 4. The first-order valence-electron chi connectivity index (χ1n) is 10.8. The molecule has 0 amide bonds.